The number of benzene rings is 8. The minimum absolute atomic E-state index is 0.0562. The van der Waals surface area contributed by atoms with Crippen LogP contribution in [0.5, 0.6) is 40.2 Å². The summed E-state index contributed by atoms with van der Waals surface area (Å²) in [5.74, 6) is -9.69. The predicted molar refractivity (Wildman–Crippen MR) is 273 cm³/mol. The fraction of sp³-hybridized carbons (Fsp3) is 0.111. The van der Waals surface area contributed by atoms with Gasteiger partial charge in [0, 0.05) is 0 Å². The number of sulfone groups is 2. The van der Waals surface area contributed by atoms with E-state index >= 15 is 0 Å². The van der Waals surface area contributed by atoms with Gasteiger partial charge in [-0.3, -0.25) is 4.55 Å². The van der Waals surface area contributed by atoms with Gasteiger partial charge in [-0.25, -0.2) is 39.7 Å². The summed E-state index contributed by atoms with van der Waals surface area (Å²) < 4.78 is 216. The maximum absolute atomic E-state index is 13.5. The summed E-state index contributed by atoms with van der Waals surface area (Å²) in [6.45, 7) is 1.57. The first-order valence-corrected chi connectivity index (χ1v) is 27.8. The van der Waals surface area contributed by atoms with E-state index in [1.807, 2.05) is 12.1 Å². The van der Waals surface area contributed by atoms with Gasteiger partial charge in [-0.15, -0.1) is 4.33 Å². The monoisotopic (exact) mass is 1190 g/mol. The second-order valence-electron chi connectivity index (χ2n) is 16.7. The molecule has 420 valence electrons. The second kappa shape index (κ2) is 24.8. The van der Waals surface area contributed by atoms with Gasteiger partial charge >= 0.3 is 18.3 Å². The van der Waals surface area contributed by atoms with Gasteiger partial charge in [0.25, 0.3) is 10.1 Å². The highest BCUT2D eigenvalue weighted by Crippen LogP contribution is 2.48. The number of ether oxygens (including phenoxy) is 4. The third-order valence-corrected chi connectivity index (χ3v) is 16.4. The molecule has 0 fully saturated rings. The van der Waals surface area contributed by atoms with Crippen molar-refractivity contribution in [3.05, 3.63) is 199 Å². The molecule has 26 heteroatoms. The summed E-state index contributed by atoms with van der Waals surface area (Å²) in [4.78, 5) is -1.31. The Morgan fingerprint density at radius 2 is 0.900 bits per heavy atom. The van der Waals surface area contributed by atoms with E-state index in [2.05, 4.69) is 9.37 Å². The molecule has 0 aliphatic rings. The Morgan fingerprint density at radius 1 is 0.500 bits per heavy atom. The molecule has 0 amide bonds. The smallest absolute Gasteiger partial charge is 0.372 e. The number of rotatable bonds is 20. The average Bonchev–Trinajstić information content (AvgIpc) is 3.47. The standard InChI is InChI=1S/C43H31FO14S4.C11H9F7/c1-53-41-25-23-39(27-43(41)62(50,51)52)61(48,49)38-22-24-40(42(26-38)59-58-57-45)56-35-10-4-29(5-11-35)28-2-8-31(9-3-28)54-33-14-18-36(19-15-33)60(46,47)37-20-16-34(17-21-37)55-32-12-6-30(44)7-13-32;1-6-2-4-7(5-3-6)8(12)10(15,16)11(17,18)9(13)14/h2-27,45H,1H3,(H,50,51,52);2-5,8-9H,1H3. The Kier molecular flexibility index (Phi) is 18.7. The lowest BCUT2D eigenvalue weighted by Crippen LogP contribution is -2.49. The van der Waals surface area contributed by atoms with Crippen LogP contribution >= 0.6 is 12.0 Å². The zero-order valence-electron chi connectivity index (χ0n) is 40.9. The maximum atomic E-state index is 13.5. The van der Waals surface area contributed by atoms with Crippen LogP contribution in [-0.4, -0.2) is 60.4 Å². The molecule has 0 saturated carbocycles. The van der Waals surface area contributed by atoms with Crippen LogP contribution in [0.25, 0.3) is 11.1 Å². The first kappa shape index (κ1) is 60.1. The molecular weight excluding hydrogens is 1150 g/mol. The van der Waals surface area contributed by atoms with E-state index < -0.39 is 75.4 Å². The molecule has 0 aliphatic heterocycles. The van der Waals surface area contributed by atoms with E-state index in [1.54, 1.807) is 55.5 Å². The molecule has 0 radical (unpaired) electrons. The lowest BCUT2D eigenvalue weighted by molar-refractivity contribution is -0.432. The van der Waals surface area contributed by atoms with Crippen LogP contribution < -0.4 is 18.9 Å². The van der Waals surface area contributed by atoms with Crippen molar-refractivity contribution in [1.29, 1.82) is 0 Å². The van der Waals surface area contributed by atoms with Crippen LogP contribution in [0.4, 0.5) is 35.1 Å². The summed E-state index contributed by atoms with van der Waals surface area (Å²) in [6, 6.07) is 42.2. The molecule has 8 aromatic rings. The summed E-state index contributed by atoms with van der Waals surface area (Å²) in [7, 11) is -11.9. The summed E-state index contributed by atoms with van der Waals surface area (Å²) in [5.41, 5.74) is 1.46. The van der Waals surface area contributed by atoms with Gasteiger partial charge in [0.1, 0.15) is 51.0 Å². The normalized spacial score (nSPS) is 12.5. The Labute approximate surface area is 456 Å². The van der Waals surface area contributed by atoms with Gasteiger partial charge in [-0.2, -0.15) is 26.0 Å². The van der Waals surface area contributed by atoms with Crippen LogP contribution in [0, 0.1) is 12.7 Å². The van der Waals surface area contributed by atoms with Gasteiger partial charge in [-0.05, 0) is 157 Å². The van der Waals surface area contributed by atoms with Crippen LogP contribution in [0.2, 0.25) is 0 Å². The molecule has 1 unspecified atom stereocenters. The molecule has 1 atom stereocenters. The van der Waals surface area contributed by atoms with Gasteiger partial charge in [-0.1, -0.05) is 59.1 Å². The predicted octanol–water partition coefficient (Wildman–Crippen LogP) is 14.8. The molecule has 80 heavy (non-hydrogen) atoms. The van der Waals surface area contributed by atoms with Crippen molar-refractivity contribution in [3.8, 4) is 51.4 Å². The van der Waals surface area contributed by atoms with E-state index in [0.717, 1.165) is 54.6 Å². The van der Waals surface area contributed by atoms with Crippen LogP contribution in [0.1, 0.15) is 17.3 Å². The van der Waals surface area contributed by atoms with Crippen LogP contribution in [-0.2, 0) is 39.2 Å². The first-order chi connectivity index (χ1) is 37.7. The zero-order valence-corrected chi connectivity index (χ0v) is 44.2. The lowest BCUT2D eigenvalue weighted by Gasteiger charge is -2.28. The van der Waals surface area contributed by atoms with Gasteiger partial charge < -0.3 is 18.9 Å². The third kappa shape index (κ3) is 14.1. The van der Waals surface area contributed by atoms with E-state index in [0.29, 0.717) is 46.4 Å². The van der Waals surface area contributed by atoms with E-state index in [4.69, 9.17) is 24.2 Å². The first-order valence-electron chi connectivity index (χ1n) is 22.6. The Morgan fingerprint density at radius 3 is 1.34 bits per heavy atom. The molecule has 0 aliphatic carbocycles. The Balaban J connectivity index is 0.000000437. The number of hydrogen-bond acceptors (Lipinski definition) is 14. The molecule has 14 nitrogen and oxygen atoms in total. The maximum Gasteiger partial charge on any atom is 0.372 e. The average molecular weight is 1190 g/mol. The van der Waals surface area contributed by atoms with E-state index in [1.165, 1.54) is 84.9 Å². The quantitative estimate of drug-likeness (QED) is 0.0240. The summed E-state index contributed by atoms with van der Waals surface area (Å²) in [5, 5.41) is 12.5. The van der Waals surface area contributed by atoms with Gasteiger partial charge in [0.2, 0.25) is 19.7 Å². The van der Waals surface area contributed by atoms with Crippen molar-refractivity contribution in [2.45, 2.75) is 60.7 Å². The Hall–Kier alpha value is -7.56. The fourth-order valence-electron chi connectivity index (χ4n) is 7.12. The van der Waals surface area contributed by atoms with Crippen molar-refractivity contribution in [1.82, 2.24) is 0 Å². The molecule has 0 bridgehead atoms. The Bertz CT molecular complexity index is 3770. The van der Waals surface area contributed by atoms with Crippen molar-refractivity contribution in [2.24, 2.45) is 0 Å². The van der Waals surface area contributed by atoms with Crippen LogP contribution in [0.15, 0.2) is 211 Å². The van der Waals surface area contributed by atoms with Crippen LogP contribution in [0.3, 0.4) is 0 Å². The summed E-state index contributed by atoms with van der Waals surface area (Å²) >= 11 is 0.441. The fourth-order valence-corrected chi connectivity index (χ4v) is 11.0. The third-order valence-electron chi connectivity index (χ3n) is 11.3. The number of methoxy groups -OCH3 is 1. The minimum Gasteiger partial charge on any atom is -0.495 e. The lowest BCUT2D eigenvalue weighted by atomic mass is 9.99. The largest absolute Gasteiger partial charge is 0.495 e. The van der Waals surface area contributed by atoms with Crippen molar-refractivity contribution in [2.75, 3.05) is 7.11 Å². The van der Waals surface area contributed by atoms with E-state index in [9.17, 15) is 64.9 Å². The van der Waals surface area contributed by atoms with Crippen molar-refractivity contribution >= 4 is 41.8 Å². The molecule has 0 aromatic heterocycles. The molecule has 0 spiro atoms. The SMILES string of the molecule is COc1ccc(S(=O)(=O)c2ccc(Oc3ccc(-c4ccc(Oc5ccc(S(=O)(=O)c6ccc(Oc7ccc(F)cc7)cc6)cc5)cc4)cc3)c(SOOO)c2)cc1S(=O)(=O)O.Cc1ccc(C(F)C(F)(F)C(F)(F)C(F)F)cc1. The molecule has 2 N–H and O–H groups in total. The second-order valence-corrected chi connectivity index (χ2v) is 22.7. The number of alkyl halides is 7. The highest BCUT2D eigenvalue weighted by atomic mass is 32.2. The highest BCUT2D eigenvalue weighted by Gasteiger charge is 2.67. The molecule has 0 heterocycles. The summed E-state index contributed by atoms with van der Waals surface area (Å²) in [6.07, 6.45) is -8.14. The zero-order chi connectivity index (χ0) is 58.2. The molecule has 8 aromatic carbocycles. The van der Waals surface area contributed by atoms with Crippen molar-refractivity contribution in [3.63, 3.8) is 0 Å². The van der Waals surface area contributed by atoms with Gasteiger partial charge in [0.05, 0.1) is 43.6 Å². The minimum atomic E-state index is -5.72. The highest BCUT2D eigenvalue weighted by molar-refractivity contribution is 7.95. The molecule has 0 saturated heterocycles. The van der Waals surface area contributed by atoms with Gasteiger partial charge in [0.15, 0.2) is 6.17 Å². The topological polar surface area (TPSA) is 198 Å². The number of aryl methyl sites for hydroxylation is 1. The molecular formula is C54H40F8O14S4. The number of hydrogen-bond donors (Lipinski definition) is 2. The molecule has 8 rings (SSSR count). The van der Waals surface area contributed by atoms with Crippen molar-refractivity contribution < 1.29 is 98.5 Å². The van der Waals surface area contributed by atoms with E-state index in [-0.39, 0.29) is 31.1 Å². The number of halogens is 8.